The van der Waals surface area contributed by atoms with Crippen molar-refractivity contribution in [3.8, 4) is 0 Å². The molecule has 1 fully saturated rings. The quantitative estimate of drug-likeness (QED) is 0.809. The first-order valence-corrected chi connectivity index (χ1v) is 11.2. The van der Waals surface area contributed by atoms with E-state index in [0.717, 1.165) is 11.3 Å². The summed E-state index contributed by atoms with van der Waals surface area (Å²) in [5, 5.41) is 1.71. The first kappa shape index (κ1) is 16.6. The SMILES string of the molecule is O=S(=O)(C[C@@H]1CCCN1S(=O)(=O)c1cccs1)c1ccccc1. The van der Waals surface area contributed by atoms with Crippen molar-refractivity contribution in [2.45, 2.75) is 28.0 Å². The number of sulfonamides is 1. The van der Waals surface area contributed by atoms with Crippen molar-refractivity contribution >= 4 is 31.2 Å². The van der Waals surface area contributed by atoms with Gasteiger partial charge in [0.1, 0.15) is 4.21 Å². The lowest BCUT2D eigenvalue weighted by Gasteiger charge is -2.23. The van der Waals surface area contributed by atoms with E-state index in [2.05, 4.69) is 0 Å². The number of hydrogen-bond donors (Lipinski definition) is 0. The molecule has 2 heterocycles. The maximum atomic E-state index is 12.7. The molecular weight excluding hydrogens is 354 g/mol. The van der Waals surface area contributed by atoms with Crippen molar-refractivity contribution in [1.29, 1.82) is 0 Å². The van der Waals surface area contributed by atoms with Gasteiger partial charge in [0.05, 0.1) is 10.6 Å². The molecule has 0 bridgehead atoms. The van der Waals surface area contributed by atoms with E-state index in [9.17, 15) is 16.8 Å². The highest BCUT2D eigenvalue weighted by atomic mass is 32.2. The number of sulfone groups is 1. The molecule has 1 aromatic heterocycles. The smallest absolute Gasteiger partial charge is 0.224 e. The summed E-state index contributed by atoms with van der Waals surface area (Å²) in [5.41, 5.74) is 0. The monoisotopic (exact) mass is 371 g/mol. The summed E-state index contributed by atoms with van der Waals surface area (Å²) in [7, 11) is -7.12. The van der Waals surface area contributed by atoms with E-state index in [1.807, 2.05) is 0 Å². The summed E-state index contributed by atoms with van der Waals surface area (Å²) in [6.45, 7) is 0.370. The Bertz CT molecular complexity index is 859. The van der Waals surface area contributed by atoms with E-state index >= 15 is 0 Å². The zero-order valence-corrected chi connectivity index (χ0v) is 14.8. The number of nitrogens with zero attached hydrogens (tertiary/aromatic N) is 1. The van der Waals surface area contributed by atoms with Crippen LogP contribution in [0.25, 0.3) is 0 Å². The molecular formula is C15H17NO4S3. The second-order valence-electron chi connectivity index (χ2n) is 5.44. The van der Waals surface area contributed by atoms with Gasteiger partial charge in [0, 0.05) is 12.6 Å². The Hall–Kier alpha value is -1.22. The van der Waals surface area contributed by atoms with E-state index in [4.69, 9.17) is 0 Å². The van der Waals surface area contributed by atoms with E-state index in [-0.39, 0.29) is 14.9 Å². The van der Waals surface area contributed by atoms with Gasteiger partial charge in [-0.05, 0) is 36.4 Å². The third-order valence-corrected chi connectivity index (χ3v) is 9.03. The van der Waals surface area contributed by atoms with Crippen LogP contribution < -0.4 is 0 Å². The summed E-state index contributed by atoms with van der Waals surface area (Å²) >= 11 is 1.15. The highest BCUT2D eigenvalue weighted by Gasteiger charge is 2.38. The van der Waals surface area contributed by atoms with Crippen molar-refractivity contribution in [3.63, 3.8) is 0 Å². The summed E-state index contributed by atoms with van der Waals surface area (Å²) in [6, 6.07) is 10.9. The van der Waals surface area contributed by atoms with Gasteiger partial charge in [-0.1, -0.05) is 24.3 Å². The number of hydrogen-bond acceptors (Lipinski definition) is 5. The number of benzene rings is 1. The molecule has 23 heavy (non-hydrogen) atoms. The van der Waals surface area contributed by atoms with Crippen LogP contribution in [0, 0.1) is 0 Å². The largest absolute Gasteiger partial charge is 0.252 e. The lowest BCUT2D eigenvalue weighted by atomic mass is 10.3. The van der Waals surface area contributed by atoms with Crippen LogP contribution in [0.5, 0.6) is 0 Å². The minimum atomic E-state index is -3.61. The van der Waals surface area contributed by atoms with Crippen LogP contribution >= 0.6 is 11.3 Å². The Labute approximate surface area is 140 Å². The Morgan fingerprint density at radius 2 is 1.78 bits per heavy atom. The molecule has 1 saturated heterocycles. The maximum absolute atomic E-state index is 12.7. The van der Waals surface area contributed by atoms with Crippen LogP contribution in [-0.2, 0) is 19.9 Å². The van der Waals surface area contributed by atoms with Gasteiger partial charge in [0.15, 0.2) is 9.84 Å². The molecule has 0 aliphatic carbocycles. The van der Waals surface area contributed by atoms with Gasteiger partial charge in [0.2, 0.25) is 0 Å². The molecule has 1 atom stereocenters. The van der Waals surface area contributed by atoms with Gasteiger partial charge in [0.25, 0.3) is 10.0 Å². The third kappa shape index (κ3) is 3.35. The maximum Gasteiger partial charge on any atom is 0.252 e. The van der Waals surface area contributed by atoms with Gasteiger partial charge in [-0.15, -0.1) is 11.3 Å². The first-order chi connectivity index (χ1) is 10.9. The number of thiophene rings is 1. The Kier molecular flexibility index (Phi) is 4.59. The van der Waals surface area contributed by atoms with Gasteiger partial charge in [-0.2, -0.15) is 4.31 Å². The summed E-state index contributed by atoms with van der Waals surface area (Å²) in [4.78, 5) is 0.236. The molecule has 0 radical (unpaired) electrons. The average molecular weight is 372 g/mol. The van der Waals surface area contributed by atoms with Crippen molar-refractivity contribution in [1.82, 2.24) is 4.31 Å². The Balaban J connectivity index is 1.86. The van der Waals surface area contributed by atoms with Crippen molar-refractivity contribution in [2.24, 2.45) is 0 Å². The van der Waals surface area contributed by atoms with Crippen LogP contribution in [-0.4, -0.2) is 39.5 Å². The lowest BCUT2D eigenvalue weighted by molar-refractivity contribution is 0.409. The van der Waals surface area contributed by atoms with Crippen LogP contribution in [0.3, 0.4) is 0 Å². The second kappa shape index (κ2) is 6.35. The number of rotatable bonds is 5. The van der Waals surface area contributed by atoms with E-state index in [0.29, 0.717) is 19.4 Å². The minimum absolute atomic E-state index is 0.179. The molecule has 0 amide bonds. The summed E-state index contributed by atoms with van der Waals surface area (Å²) < 4.78 is 52.0. The van der Waals surface area contributed by atoms with Crippen LogP contribution in [0.4, 0.5) is 0 Å². The van der Waals surface area contributed by atoms with Crippen LogP contribution in [0.1, 0.15) is 12.8 Å². The molecule has 124 valence electrons. The molecule has 1 aliphatic rings. The van der Waals surface area contributed by atoms with Gasteiger partial charge in [-0.3, -0.25) is 0 Å². The standard InChI is InChI=1S/C15H17NO4S3/c17-22(18,14-7-2-1-3-8-14)12-13-6-4-10-16(13)23(19,20)15-9-5-11-21-15/h1-3,5,7-9,11,13H,4,6,10,12H2/t13-/m0/s1. The fraction of sp³-hybridized carbons (Fsp3) is 0.333. The predicted octanol–water partition coefficient (Wildman–Crippen LogP) is 2.38. The molecule has 0 spiro atoms. The fourth-order valence-electron chi connectivity index (χ4n) is 2.80. The van der Waals surface area contributed by atoms with E-state index in [1.165, 1.54) is 4.31 Å². The lowest BCUT2D eigenvalue weighted by Crippen LogP contribution is -2.39. The van der Waals surface area contributed by atoms with Crippen molar-refractivity contribution in [2.75, 3.05) is 12.3 Å². The van der Waals surface area contributed by atoms with Crippen molar-refractivity contribution in [3.05, 3.63) is 47.8 Å². The molecule has 5 nitrogen and oxygen atoms in total. The second-order valence-corrected chi connectivity index (χ2v) is 10.5. The molecule has 0 saturated carbocycles. The Morgan fingerprint density at radius 3 is 2.43 bits per heavy atom. The molecule has 3 rings (SSSR count). The zero-order valence-electron chi connectivity index (χ0n) is 12.3. The van der Waals surface area contributed by atoms with Crippen molar-refractivity contribution < 1.29 is 16.8 Å². The summed E-state index contributed by atoms with van der Waals surface area (Å²) in [5.74, 6) is -0.179. The van der Waals surface area contributed by atoms with E-state index in [1.54, 1.807) is 47.8 Å². The van der Waals surface area contributed by atoms with Gasteiger partial charge >= 0.3 is 0 Å². The summed E-state index contributed by atoms with van der Waals surface area (Å²) in [6.07, 6.45) is 1.25. The fourth-order valence-corrected chi connectivity index (χ4v) is 7.32. The van der Waals surface area contributed by atoms with Gasteiger partial charge in [-0.25, -0.2) is 16.8 Å². The molecule has 0 N–H and O–H groups in total. The average Bonchev–Trinajstić information content (AvgIpc) is 3.19. The predicted molar refractivity (Wildman–Crippen MR) is 89.7 cm³/mol. The topological polar surface area (TPSA) is 71.5 Å². The van der Waals surface area contributed by atoms with Crippen LogP contribution in [0.15, 0.2) is 56.9 Å². The molecule has 1 aromatic carbocycles. The zero-order chi connectivity index (χ0) is 16.5. The molecule has 0 unspecified atom stereocenters. The third-order valence-electron chi connectivity index (χ3n) is 3.90. The Morgan fingerprint density at radius 1 is 1.04 bits per heavy atom. The normalized spacial score (nSPS) is 19.9. The first-order valence-electron chi connectivity index (χ1n) is 7.24. The molecule has 1 aliphatic heterocycles. The van der Waals surface area contributed by atoms with Crippen LogP contribution in [0.2, 0.25) is 0 Å². The highest BCUT2D eigenvalue weighted by molar-refractivity contribution is 7.92. The van der Waals surface area contributed by atoms with E-state index < -0.39 is 25.9 Å². The minimum Gasteiger partial charge on any atom is -0.224 e. The molecule has 2 aromatic rings. The molecule has 8 heteroatoms. The van der Waals surface area contributed by atoms with Gasteiger partial charge < -0.3 is 0 Å². The highest BCUT2D eigenvalue weighted by Crippen LogP contribution is 2.30.